The second-order valence-electron chi connectivity index (χ2n) is 5.08. The van der Waals surface area contributed by atoms with Gasteiger partial charge in [-0.25, -0.2) is 0 Å². The van der Waals surface area contributed by atoms with Gasteiger partial charge in [-0.1, -0.05) is 12.2 Å². The van der Waals surface area contributed by atoms with Crippen LogP contribution in [0.2, 0.25) is 0 Å². The molecule has 2 unspecified atom stereocenters. The lowest BCUT2D eigenvalue weighted by molar-refractivity contribution is -0.157. The van der Waals surface area contributed by atoms with Gasteiger partial charge in [-0.15, -0.1) is 11.3 Å². The fourth-order valence-electron chi connectivity index (χ4n) is 2.15. The summed E-state index contributed by atoms with van der Waals surface area (Å²) in [6, 6.07) is 1.54. The molecule has 0 fully saturated rings. The van der Waals surface area contributed by atoms with Gasteiger partial charge in [0, 0.05) is 0 Å². The van der Waals surface area contributed by atoms with Gasteiger partial charge >= 0.3 is 5.97 Å². The summed E-state index contributed by atoms with van der Waals surface area (Å²) in [6.07, 6.45) is 5.27. The highest BCUT2D eigenvalue weighted by molar-refractivity contribution is 7.14. The summed E-state index contributed by atoms with van der Waals surface area (Å²) in [4.78, 5) is 35.2. The molecule has 1 aromatic heterocycles. The maximum absolute atomic E-state index is 12.1. The van der Waals surface area contributed by atoms with Crippen LogP contribution >= 0.6 is 11.3 Å². The van der Waals surface area contributed by atoms with E-state index in [1.165, 1.54) is 24.3 Å². The van der Waals surface area contributed by atoms with Crippen molar-refractivity contribution in [3.05, 3.63) is 29.2 Å². The lowest BCUT2D eigenvalue weighted by atomic mass is 9.95. The van der Waals surface area contributed by atoms with Gasteiger partial charge in [0.25, 0.3) is 11.8 Å². The van der Waals surface area contributed by atoms with Crippen LogP contribution in [0.1, 0.15) is 36.5 Å². The third-order valence-corrected chi connectivity index (χ3v) is 4.26. The van der Waals surface area contributed by atoms with Crippen LogP contribution < -0.4 is 11.1 Å². The third kappa shape index (κ3) is 3.94. The number of nitrogens with two attached hydrogens (primary N) is 1. The van der Waals surface area contributed by atoms with E-state index in [1.807, 2.05) is 12.2 Å². The normalized spacial score (nSPS) is 18.5. The maximum Gasteiger partial charge on any atom is 0.310 e. The highest BCUT2D eigenvalue weighted by Crippen LogP contribution is 2.24. The minimum absolute atomic E-state index is 0.192. The van der Waals surface area contributed by atoms with Crippen molar-refractivity contribution < 1.29 is 19.1 Å². The van der Waals surface area contributed by atoms with Crippen LogP contribution in [-0.4, -0.2) is 23.9 Å². The molecule has 2 amide bonds. The van der Waals surface area contributed by atoms with Gasteiger partial charge in [0.15, 0.2) is 6.10 Å². The van der Waals surface area contributed by atoms with Crippen LogP contribution in [0.5, 0.6) is 0 Å². The summed E-state index contributed by atoms with van der Waals surface area (Å²) in [6.45, 7) is 1.50. The molecule has 1 heterocycles. The fraction of sp³-hybridized carbons (Fsp3) is 0.400. The van der Waals surface area contributed by atoms with E-state index in [0.29, 0.717) is 11.4 Å². The van der Waals surface area contributed by atoms with Crippen LogP contribution in [0.4, 0.5) is 5.00 Å². The van der Waals surface area contributed by atoms with Gasteiger partial charge in [0.05, 0.1) is 11.5 Å². The Hall–Kier alpha value is -2.15. The molecular weight excluding hydrogens is 304 g/mol. The van der Waals surface area contributed by atoms with Crippen LogP contribution in [0.25, 0.3) is 0 Å². The molecule has 22 heavy (non-hydrogen) atoms. The first kappa shape index (κ1) is 16.2. The van der Waals surface area contributed by atoms with E-state index >= 15 is 0 Å². The SMILES string of the molecule is CC(OC(=O)C1CC=CCC1)C(=O)Nc1sccc1C(N)=O. The van der Waals surface area contributed by atoms with E-state index in [1.54, 1.807) is 5.38 Å². The first-order valence-electron chi connectivity index (χ1n) is 7.02. The van der Waals surface area contributed by atoms with Crippen molar-refractivity contribution in [3.8, 4) is 0 Å². The van der Waals surface area contributed by atoms with E-state index in [-0.39, 0.29) is 17.5 Å². The molecule has 3 N–H and O–H groups in total. The first-order valence-corrected chi connectivity index (χ1v) is 7.90. The Morgan fingerprint density at radius 1 is 1.41 bits per heavy atom. The molecule has 0 spiro atoms. The molecule has 0 saturated carbocycles. The zero-order valence-corrected chi connectivity index (χ0v) is 13.0. The number of allylic oxidation sites excluding steroid dienone is 2. The monoisotopic (exact) mass is 322 g/mol. The highest BCUT2D eigenvalue weighted by atomic mass is 32.1. The molecule has 118 valence electrons. The standard InChI is InChI=1S/C15H18N2O4S/c1-9(21-15(20)10-5-3-2-4-6-10)13(19)17-14-11(12(16)18)7-8-22-14/h2-3,7-10H,4-6H2,1H3,(H2,16,18)(H,17,19). The Morgan fingerprint density at radius 2 is 2.18 bits per heavy atom. The molecule has 7 heteroatoms. The van der Waals surface area contributed by atoms with Crippen molar-refractivity contribution in [1.82, 2.24) is 0 Å². The second-order valence-corrected chi connectivity index (χ2v) is 5.99. The largest absolute Gasteiger partial charge is 0.452 e. The predicted octanol–water partition coefficient (Wildman–Crippen LogP) is 2.07. The van der Waals surface area contributed by atoms with Crippen LogP contribution in [0.15, 0.2) is 23.6 Å². The van der Waals surface area contributed by atoms with Crippen LogP contribution in [0, 0.1) is 5.92 Å². The average Bonchev–Trinajstić information content (AvgIpc) is 2.96. The summed E-state index contributed by atoms with van der Waals surface area (Å²) in [7, 11) is 0. The highest BCUT2D eigenvalue weighted by Gasteiger charge is 2.25. The minimum Gasteiger partial charge on any atom is -0.452 e. The molecule has 0 radical (unpaired) electrons. The zero-order valence-electron chi connectivity index (χ0n) is 12.2. The predicted molar refractivity (Wildman–Crippen MR) is 83.5 cm³/mol. The minimum atomic E-state index is -0.929. The molecule has 1 aliphatic carbocycles. The van der Waals surface area contributed by atoms with Crippen LogP contribution in [0.3, 0.4) is 0 Å². The van der Waals surface area contributed by atoms with Gasteiger partial charge in [-0.3, -0.25) is 14.4 Å². The number of ether oxygens (including phenoxy) is 1. The first-order chi connectivity index (χ1) is 10.5. The Bertz CT molecular complexity index is 608. The number of nitrogens with one attached hydrogen (secondary N) is 1. The number of anilines is 1. The van der Waals surface area contributed by atoms with Gasteiger partial charge in [0.2, 0.25) is 0 Å². The molecule has 6 nitrogen and oxygen atoms in total. The number of amides is 2. The van der Waals surface area contributed by atoms with Crippen molar-refractivity contribution in [2.75, 3.05) is 5.32 Å². The molecule has 1 aliphatic rings. The van der Waals surface area contributed by atoms with Crippen LogP contribution in [-0.2, 0) is 14.3 Å². The second kappa shape index (κ2) is 7.22. The summed E-state index contributed by atoms with van der Waals surface area (Å²) < 4.78 is 5.20. The van der Waals surface area contributed by atoms with Crippen molar-refractivity contribution >= 4 is 34.1 Å². The smallest absolute Gasteiger partial charge is 0.310 e. The number of thiophene rings is 1. The third-order valence-electron chi connectivity index (χ3n) is 3.43. The van der Waals surface area contributed by atoms with Gasteiger partial charge in [-0.2, -0.15) is 0 Å². The lowest BCUT2D eigenvalue weighted by Crippen LogP contribution is -2.32. The molecular formula is C15H18N2O4S. The Labute approximate surface area is 132 Å². The van der Waals surface area contributed by atoms with Crippen molar-refractivity contribution in [2.24, 2.45) is 11.7 Å². The summed E-state index contributed by atoms with van der Waals surface area (Å²) in [5, 5.41) is 4.58. The lowest BCUT2D eigenvalue weighted by Gasteiger charge is -2.19. The van der Waals surface area contributed by atoms with E-state index in [9.17, 15) is 14.4 Å². The summed E-state index contributed by atoms with van der Waals surface area (Å²) >= 11 is 1.19. The molecule has 2 rings (SSSR count). The Kier molecular flexibility index (Phi) is 5.32. The quantitative estimate of drug-likeness (QED) is 0.640. The maximum atomic E-state index is 12.1. The number of rotatable bonds is 5. The number of carbonyl (C=O) groups excluding carboxylic acids is 3. The molecule has 0 aromatic carbocycles. The number of hydrogen-bond acceptors (Lipinski definition) is 5. The van der Waals surface area contributed by atoms with E-state index in [4.69, 9.17) is 10.5 Å². The average molecular weight is 322 g/mol. The molecule has 0 aliphatic heterocycles. The number of carbonyl (C=O) groups is 3. The van der Waals surface area contributed by atoms with E-state index < -0.39 is 17.9 Å². The number of hydrogen-bond donors (Lipinski definition) is 2. The van der Waals surface area contributed by atoms with Gasteiger partial charge in [-0.05, 0) is 37.6 Å². The van der Waals surface area contributed by atoms with Crippen molar-refractivity contribution in [1.29, 1.82) is 0 Å². The number of primary amides is 1. The molecule has 0 bridgehead atoms. The van der Waals surface area contributed by atoms with E-state index in [0.717, 1.165) is 12.8 Å². The molecule has 0 saturated heterocycles. The Balaban J connectivity index is 1.91. The van der Waals surface area contributed by atoms with Crippen molar-refractivity contribution in [2.45, 2.75) is 32.3 Å². The topological polar surface area (TPSA) is 98.5 Å². The fourth-order valence-corrected chi connectivity index (χ4v) is 2.94. The van der Waals surface area contributed by atoms with E-state index in [2.05, 4.69) is 5.32 Å². The zero-order chi connectivity index (χ0) is 16.1. The van der Waals surface area contributed by atoms with Gasteiger partial charge in [0.1, 0.15) is 5.00 Å². The Morgan fingerprint density at radius 3 is 2.82 bits per heavy atom. The summed E-state index contributed by atoms with van der Waals surface area (Å²) in [5.41, 5.74) is 5.46. The molecule has 2 atom stereocenters. The molecule has 1 aromatic rings. The van der Waals surface area contributed by atoms with Crippen molar-refractivity contribution in [3.63, 3.8) is 0 Å². The summed E-state index contributed by atoms with van der Waals surface area (Å²) in [5.74, 6) is -1.66. The van der Waals surface area contributed by atoms with Gasteiger partial charge < -0.3 is 15.8 Å². The number of esters is 1.